The van der Waals surface area contributed by atoms with Crippen LogP contribution in [-0.2, 0) is 4.74 Å². The lowest BCUT2D eigenvalue weighted by Crippen LogP contribution is -2.03. The molecule has 0 saturated carbocycles. The van der Waals surface area contributed by atoms with Crippen LogP contribution in [0.1, 0.15) is 62.4 Å². The van der Waals surface area contributed by atoms with Crippen LogP contribution < -0.4 is 0 Å². The van der Waals surface area contributed by atoms with Crippen LogP contribution in [0.2, 0.25) is 0 Å². The molecule has 0 aliphatic rings. The van der Waals surface area contributed by atoms with Crippen molar-refractivity contribution in [1.82, 2.24) is 0 Å². The first kappa shape index (κ1) is 15.5. The SMILES string of the molecule is CCCCCCCC/C=C/COC(=O)c1ccco1. The molecule has 0 bridgehead atoms. The summed E-state index contributed by atoms with van der Waals surface area (Å²) in [5.41, 5.74) is 0. The van der Waals surface area contributed by atoms with Crippen LogP contribution >= 0.6 is 0 Å². The quantitative estimate of drug-likeness (QED) is 0.348. The van der Waals surface area contributed by atoms with Crippen molar-refractivity contribution < 1.29 is 13.9 Å². The van der Waals surface area contributed by atoms with Crippen LogP contribution in [-0.4, -0.2) is 12.6 Å². The Morgan fingerprint density at radius 3 is 2.74 bits per heavy atom. The minimum Gasteiger partial charge on any atom is -0.457 e. The first-order chi connectivity index (χ1) is 9.34. The highest BCUT2D eigenvalue weighted by atomic mass is 16.5. The average Bonchev–Trinajstić information content (AvgIpc) is 2.95. The summed E-state index contributed by atoms with van der Waals surface area (Å²) in [5, 5.41) is 0. The van der Waals surface area contributed by atoms with E-state index in [0.29, 0.717) is 6.61 Å². The van der Waals surface area contributed by atoms with E-state index >= 15 is 0 Å². The maximum absolute atomic E-state index is 11.4. The Labute approximate surface area is 115 Å². The Bertz CT molecular complexity index is 352. The molecule has 1 aromatic heterocycles. The molecule has 0 aliphatic heterocycles. The highest BCUT2D eigenvalue weighted by Gasteiger charge is 2.07. The molecule has 0 radical (unpaired) electrons. The molecular weight excluding hydrogens is 240 g/mol. The van der Waals surface area contributed by atoms with E-state index in [1.54, 1.807) is 12.1 Å². The maximum atomic E-state index is 11.4. The number of furan rings is 1. The summed E-state index contributed by atoms with van der Waals surface area (Å²) in [6, 6.07) is 3.27. The zero-order chi connectivity index (χ0) is 13.8. The van der Waals surface area contributed by atoms with Gasteiger partial charge in [0.25, 0.3) is 0 Å². The van der Waals surface area contributed by atoms with Crippen LogP contribution in [0.25, 0.3) is 0 Å². The largest absolute Gasteiger partial charge is 0.457 e. The second kappa shape index (κ2) is 10.4. The van der Waals surface area contributed by atoms with Crippen molar-refractivity contribution in [1.29, 1.82) is 0 Å². The number of hydrogen-bond donors (Lipinski definition) is 0. The molecule has 0 aliphatic carbocycles. The highest BCUT2D eigenvalue weighted by Crippen LogP contribution is 2.07. The fourth-order valence-electron chi connectivity index (χ4n) is 1.82. The highest BCUT2D eigenvalue weighted by molar-refractivity contribution is 5.86. The summed E-state index contributed by atoms with van der Waals surface area (Å²) < 4.78 is 9.97. The smallest absolute Gasteiger partial charge is 0.374 e. The molecule has 0 aromatic carbocycles. The second-order valence-electron chi connectivity index (χ2n) is 4.60. The second-order valence-corrected chi connectivity index (χ2v) is 4.60. The van der Waals surface area contributed by atoms with Gasteiger partial charge in [-0.05, 0) is 25.0 Å². The Balaban J connectivity index is 1.94. The van der Waals surface area contributed by atoms with Crippen molar-refractivity contribution in [3.05, 3.63) is 36.3 Å². The number of allylic oxidation sites excluding steroid dienone is 1. The molecule has 1 aromatic rings. The van der Waals surface area contributed by atoms with E-state index in [2.05, 4.69) is 13.0 Å². The molecule has 1 rings (SSSR count). The topological polar surface area (TPSA) is 39.4 Å². The molecule has 19 heavy (non-hydrogen) atoms. The normalized spacial score (nSPS) is 11.0. The minimum atomic E-state index is -0.408. The fourth-order valence-corrected chi connectivity index (χ4v) is 1.82. The molecule has 0 atom stereocenters. The van der Waals surface area contributed by atoms with Gasteiger partial charge in [0.15, 0.2) is 0 Å². The number of carbonyl (C=O) groups excluding carboxylic acids is 1. The van der Waals surface area contributed by atoms with E-state index in [1.807, 2.05) is 6.08 Å². The van der Waals surface area contributed by atoms with E-state index in [9.17, 15) is 4.79 Å². The Kier molecular flexibility index (Phi) is 8.52. The molecule has 0 amide bonds. The predicted octanol–water partition coefficient (Wildman–Crippen LogP) is 4.74. The monoisotopic (exact) mass is 264 g/mol. The van der Waals surface area contributed by atoms with E-state index in [0.717, 1.165) is 6.42 Å². The van der Waals surface area contributed by atoms with Crippen molar-refractivity contribution in [3.63, 3.8) is 0 Å². The van der Waals surface area contributed by atoms with Gasteiger partial charge in [-0.1, -0.05) is 51.2 Å². The molecule has 0 spiro atoms. The van der Waals surface area contributed by atoms with E-state index in [4.69, 9.17) is 9.15 Å². The molecule has 3 nitrogen and oxygen atoms in total. The first-order valence-corrected chi connectivity index (χ1v) is 7.20. The molecule has 0 fully saturated rings. The summed E-state index contributed by atoms with van der Waals surface area (Å²) >= 11 is 0. The number of ether oxygens (including phenoxy) is 1. The Morgan fingerprint density at radius 2 is 2.00 bits per heavy atom. The number of unbranched alkanes of at least 4 members (excludes halogenated alkanes) is 6. The Morgan fingerprint density at radius 1 is 1.21 bits per heavy atom. The van der Waals surface area contributed by atoms with Crippen molar-refractivity contribution >= 4 is 5.97 Å². The molecular formula is C16H24O3. The molecule has 0 N–H and O–H groups in total. The van der Waals surface area contributed by atoms with Crippen molar-refractivity contribution in [2.24, 2.45) is 0 Å². The molecule has 1 heterocycles. The van der Waals surface area contributed by atoms with Crippen LogP contribution in [0, 0.1) is 0 Å². The van der Waals surface area contributed by atoms with Crippen LogP contribution in [0.4, 0.5) is 0 Å². The third-order valence-corrected chi connectivity index (χ3v) is 2.92. The van der Waals surface area contributed by atoms with Gasteiger partial charge in [0, 0.05) is 0 Å². The van der Waals surface area contributed by atoms with Crippen LogP contribution in [0.3, 0.4) is 0 Å². The van der Waals surface area contributed by atoms with E-state index in [-0.39, 0.29) is 5.76 Å². The van der Waals surface area contributed by atoms with Crippen molar-refractivity contribution in [3.8, 4) is 0 Å². The lowest BCUT2D eigenvalue weighted by atomic mass is 10.1. The average molecular weight is 264 g/mol. The van der Waals surface area contributed by atoms with Gasteiger partial charge in [0.2, 0.25) is 5.76 Å². The van der Waals surface area contributed by atoms with Gasteiger partial charge in [0.1, 0.15) is 6.61 Å². The third kappa shape index (κ3) is 7.50. The molecule has 106 valence electrons. The Hall–Kier alpha value is -1.51. The van der Waals surface area contributed by atoms with Gasteiger partial charge in [-0.3, -0.25) is 0 Å². The lowest BCUT2D eigenvalue weighted by molar-refractivity contribution is 0.0513. The lowest BCUT2D eigenvalue weighted by Gasteiger charge is -1.99. The summed E-state index contributed by atoms with van der Waals surface area (Å²) in [6.07, 6.45) is 14.3. The number of rotatable bonds is 10. The van der Waals surface area contributed by atoms with E-state index < -0.39 is 5.97 Å². The fraction of sp³-hybridized carbons (Fsp3) is 0.562. The third-order valence-electron chi connectivity index (χ3n) is 2.92. The summed E-state index contributed by atoms with van der Waals surface area (Å²) in [5.74, 6) is -0.154. The van der Waals surface area contributed by atoms with Crippen LogP contribution in [0.15, 0.2) is 35.0 Å². The van der Waals surface area contributed by atoms with Crippen molar-refractivity contribution in [2.45, 2.75) is 51.9 Å². The maximum Gasteiger partial charge on any atom is 0.374 e. The summed E-state index contributed by atoms with van der Waals surface area (Å²) in [6.45, 7) is 2.54. The van der Waals surface area contributed by atoms with Gasteiger partial charge in [-0.2, -0.15) is 0 Å². The zero-order valence-corrected chi connectivity index (χ0v) is 11.8. The number of esters is 1. The van der Waals surface area contributed by atoms with E-state index in [1.165, 1.54) is 44.8 Å². The molecule has 0 unspecified atom stereocenters. The standard InChI is InChI=1S/C16H24O3/c1-2-3-4-5-6-7-8-9-10-13-19-16(17)15-12-11-14-18-15/h9-12,14H,2-8,13H2,1H3/b10-9+. The van der Waals surface area contributed by atoms with Gasteiger partial charge >= 0.3 is 5.97 Å². The molecule has 3 heteroatoms. The minimum absolute atomic E-state index is 0.254. The number of hydrogen-bond acceptors (Lipinski definition) is 3. The van der Waals surface area contributed by atoms with Gasteiger partial charge in [0.05, 0.1) is 6.26 Å². The van der Waals surface area contributed by atoms with Crippen LogP contribution in [0.5, 0.6) is 0 Å². The van der Waals surface area contributed by atoms with Gasteiger partial charge < -0.3 is 9.15 Å². The summed E-state index contributed by atoms with van der Waals surface area (Å²) in [7, 11) is 0. The number of carbonyl (C=O) groups is 1. The summed E-state index contributed by atoms with van der Waals surface area (Å²) in [4.78, 5) is 11.4. The van der Waals surface area contributed by atoms with Crippen molar-refractivity contribution in [2.75, 3.05) is 6.61 Å². The van der Waals surface area contributed by atoms with Gasteiger partial charge in [-0.15, -0.1) is 0 Å². The van der Waals surface area contributed by atoms with Gasteiger partial charge in [-0.25, -0.2) is 4.79 Å². The molecule has 0 saturated heterocycles. The predicted molar refractivity (Wildman–Crippen MR) is 76.1 cm³/mol. The first-order valence-electron chi connectivity index (χ1n) is 7.20. The zero-order valence-electron chi connectivity index (χ0n) is 11.8.